The highest BCUT2D eigenvalue weighted by atomic mass is 16.3. The largest absolute Gasteiger partial charge is 0.394 e. The van der Waals surface area contributed by atoms with Gasteiger partial charge < -0.3 is 15.5 Å². The van der Waals surface area contributed by atoms with E-state index in [4.69, 9.17) is 10.2 Å². The molecule has 0 saturated heterocycles. The molecule has 0 heterocycles. The third-order valence-electron chi connectivity index (χ3n) is 3.01. The maximum atomic E-state index is 11.7. The SMILES string of the molecule is CCCCc1ccc(CC(=O)NC(CO)CO)cc1. The average Bonchev–Trinajstić information content (AvgIpc) is 2.44. The summed E-state index contributed by atoms with van der Waals surface area (Å²) in [6.45, 7) is 1.66. The van der Waals surface area contributed by atoms with E-state index in [1.807, 2.05) is 24.3 Å². The Morgan fingerprint density at radius 2 is 1.74 bits per heavy atom. The minimum Gasteiger partial charge on any atom is -0.394 e. The van der Waals surface area contributed by atoms with Crippen LogP contribution in [0.25, 0.3) is 0 Å². The number of rotatable bonds is 8. The third kappa shape index (κ3) is 5.85. The quantitative estimate of drug-likeness (QED) is 0.658. The second-order valence-electron chi connectivity index (χ2n) is 4.73. The summed E-state index contributed by atoms with van der Waals surface area (Å²) < 4.78 is 0. The second-order valence-corrected chi connectivity index (χ2v) is 4.73. The maximum absolute atomic E-state index is 11.7. The van der Waals surface area contributed by atoms with Crippen LogP contribution in [-0.2, 0) is 17.6 Å². The number of hydrogen-bond donors (Lipinski definition) is 3. The Morgan fingerprint density at radius 3 is 2.26 bits per heavy atom. The molecule has 106 valence electrons. The molecule has 19 heavy (non-hydrogen) atoms. The number of amides is 1. The van der Waals surface area contributed by atoms with Gasteiger partial charge in [0.15, 0.2) is 0 Å². The van der Waals surface area contributed by atoms with Crippen molar-refractivity contribution < 1.29 is 15.0 Å². The van der Waals surface area contributed by atoms with Crippen LogP contribution in [0.2, 0.25) is 0 Å². The molecule has 0 saturated carbocycles. The molecule has 0 aliphatic rings. The molecule has 0 aliphatic heterocycles. The summed E-state index contributed by atoms with van der Waals surface area (Å²) in [5.74, 6) is -0.186. The van der Waals surface area contributed by atoms with E-state index < -0.39 is 6.04 Å². The van der Waals surface area contributed by atoms with Gasteiger partial charge in [0, 0.05) is 0 Å². The van der Waals surface area contributed by atoms with Gasteiger partial charge in [-0.25, -0.2) is 0 Å². The van der Waals surface area contributed by atoms with Crippen LogP contribution in [0.1, 0.15) is 30.9 Å². The second kappa shape index (κ2) is 8.67. The number of carbonyl (C=O) groups excluding carboxylic acids is 1. The molecule has 0 fully saturated rings. The fourth-order valence-electron chi connectivity index (χ4n) is 1.82. The van der Waals surface area contributed by atoms with E-state index in [1.54, 1.807) is 0 Å². The van der Waals surface area contributed by atoms with E-state index in [0.717, 1.165) is 12.0 Å². The van der Waals surface area contributed by atoms with Gasteiger partial charge in [-0.3, -0.25) is 4.79 Å². The molecular weight excluding hydrogens is 242 g/mol. The van der Waals surface area contributed by atoms with Crippen molar-refractivity contribution >= 4 is 5.91 Å². The summed E-state index contributed by atoms with van der Waals surface area (Å²) in [6, 6.07) is 7.44. The Hall–Kier alpha value is -1.39. The predicted molar refractivity (Wildman–Crippen MR) is 74.9 cm³/mol. The number of aliphatic hydroxyl groups excluding tert-OH is 2. The number of unbranched alkanes of at least 4 members (excludes halogenated alkanes) is 1. The van der Waals surface area contributed by atoms with Crippen LogP contribution in [0.5, 0.6) is 0 Å². The first-order valence-electron chi connectivity index (χ1n) is 6.78. The number of benzene rings is 1. The standard InChI is InChI=1S/C15H23NO3/c1-2-3-4-12-5-7-13(8-6-12)9-15(19)16-14(10-17)11-18/h5-8,14,17-18H,2-4,9-11H2,1H3,(H,16,19). The van der Waals surface area contributed by atoms with Crippen molar-refractivity contribution in [1.29, 1.82) is 0 Å². The van der Waals surface area contributed by atoms with E-state index in [0.29, 0.717) is 0 Å². The van der Waals surface area contributed by atoms with Crippen LogP contribution in [-0.4, -0.2) is 35.4 Å². The van der Waals surface area contributed by atoms with E-state index in [2.05, 4.69) is 12.2 Å². The molecule has 0 aliphatic carbocycles. The molecule has 1 aromatic rings. The molecular formula is C15H23NO3. The van der Waals surface area contributed by atoms with Crippen molar-refractivity contribution in [3.8, 4) is 0 Å². The summed E-state index contributed by atoms with van der Waals surface area (Å²) in [5.41, 5.74) is 2.22. The third-order valence-corrected chi connectivity index (χ3v) is 3.01. The molecule has 4 nitrogen and oxygen atoms in total. The smallest absolute Gasteiger partial charge is 0.224 e. The number of carbonyl (C=O) groups is 1. The number of nitrogens with one attached hydrogen (secondary N) is 1. The van der Waals surface area contributed by atoms with Gasteiger partial charge in [-0.2, -0.15) is 0 Å². The van der Waals surface area contributed by atoms with Crippen LogP contribution in [0, 0.1) is 0 Å². The van der Waals surface area contributed by atoms with Gasteiger partial charge in [0.1, 0.15) is 0 Å². The van der Waals surface area contributed by atoms with Gasteiger partial charge in [-0.1, -0.05) is 37.6 Å². The minimum atomic E-state index is -0.573. The van der Waals surface area contributed by atoms with Crippen molar-refractivity contribution in [2.24, 2.45) is 0 Å². The topological polar surface area (TPSA) is 69.6 Å². The van der Waals surface area contributed by atoms with Crippen molar-refractivity contribution in [1.82, 2.24) is 5.32 Å². The predicted octanol–water partition coefficient (Wildman–Crippen LogP) is 1.04. The molecule has 1 aromatic carbocycles. The summed E-state index contributed by atoms with van der Waals surface area (Å²) in [6.07, 6.45) is 3.69. The Balaban J connectivity index is 2.46. The van der Waals surface area contributed by atoms with Crippen molar-refractivity contribution in [2.75, 3.05) is 13.2 Å². The Bertz CT molecular complexity index is 371. The lowest BCUT2D eigenvalue weighted by Crippen LogP contribution is -2.40. The molecule has 0 unspecified atom stereocenters. The zero-order valence-corrected chi connectivity index (χ0v) is 11.4. The van der Waals surface area contributed by atoms with E-state index in [-0.39, 0.29) is 25.5 Å². The number of aliphatic hydroxyl groups is 2. The zero-order valence-electron chi connectivity index (χ0n) is 11.4. The van der Waals surface area contributed by atoms with Crippen molar-refractivity contribution in [3.05, 3.63) is 35.4 Å². The molecule has 0 atom stereocenters. The Morgan fingerprint density at radius 1 is 1.16 bits per heavy atom. The van der Waals surface area contributed by atoms with Crippen molar-refractivity contribution in [2.45, 2.75) is 38.6 Å². The molecule has 1 rings (SSSR count). The van der Waals surface area contributed by atoms with Crippen LogP contribution in [0.4, 0.5) is 0 Å². The molecule has 4 heteroatoms. The van der Waals surface area contributed by atoms with Gasteiger partial charge >= 0.3 is 0 Å². The molecule has 3 N–H and O–H groups in total. The first-order chi connectivity index (χ1) is 9.19. The molecule has 1 amide bonds. The lowest BCUT2D eigenvalue weighted by atomic mass is 10.0. The van der Waals surface area contributed by atoms with Gasteiger partial charge in [0.2, 0.25) is 5.91 Å². The summed E-state index contributed by atoms with van der Waals surface area (Å²) in [7, 11) is 0. The van der Waals surface area contributed by atoms with Crippen molar-refractivity contribution in [3.63, 3.8) is 0 Å². The molecule has 0 spiro atoms. The van der Waals surface area contributed by atoms with E-state index >= 15 is 0 Å². The summed E-state index contributed by atoms with van der Waals surface area (Å²) in [5, 5.41) is 20.3. The summed E-state index contributed by atoms with van der Waals surface area (Å²) >= 11 is 0. The number of hydrogen-bond acceptors (Lipinski definition) is 3. The zero-order chi connectivity index (χ0) is 14.1. The van der Waals surface area contributed by atoms with Gasteiger partial charge in [-0.05, 0) is 24.0 Å². The molecule has 0 bridgehead atoms. The highest BCUT2D eigenvalue weighted by molar-refractivity contribution is 5.78. The maximum Gasteiger partial charge on any atom is 0.224 e. The average molecular weight is 265 g/mol. The Kier molecular flexibility index (Phi) is 7.15. The fourth-order valence-corrected chi connectivity index (χ4v) is 1.82. The Labute approximate surface area is 114 Å². The number of aryl methyl sites for hydroxylation is 1. The van der Waals surface area contributed by atoms with Gasteiger partial charge in [0.05, 0.1) is 25.7 Å². The fraction of sp³-hybridized carbons (Fsp3) is 0.533. The van der Waals surface area contributed by atoms with E-state index in [1.165, 1.54) is 18.4 Å². The highest BCUT2D eigenvalue weighted by Gasteiger charge is 2.10. The lowest BCUT2D eigenvalue weighted by molar-refractivity contribution is -0.121. The van der Waals surface area contributed by atoms with Crippen LogP contribution < -0.4 is 5.32 Å². The first kappa shape index (κ1) is 15.7. The van der Waals surface area contributed by atoms with Crippen LogP contribution >= 0.6 is 0 Å². The normalized spacial score (nSPS) is 10.7. The highest BCUT2D eigenvalue weighted by Crippen LogP contribution is 2.08. The first-order valence-corrected chi connectivity index (χ1v) is 6.78. The monoisotopic (exact) mass is 265 g/mol. The summed E-state index contributed by atoms with van der Waals surface area (Å²) in [4.78, 5) is 11.7. The minimum absolute atomic E-state index is 0.186. The van der Waals surface area contributed by atoms with Gasteiger partial charge in [0.25, 0.3) is 0 Å². The van der Waals surface area contributed by atoms with E-state index in [9.17, 15) is 4.79 Å². The van der Waals surface area contributed by atoms with Crippen LogP contribution in [0.15, 0.2) is 24.3 Å². The lowest BCUT2D eigenvalue weighted by Gasteiger charge is -2.13. The molecule has 0 aromatic heterocycles. The van der Waals surface area contributed by atoms with Crippen LogP contribution in [0.3, 0.4) is 0 Å². The van der Waals surface area contributed by atoms with Gasteiger partial charge in [-0.15, -0.1) is 0 Å². The molecule has 0 radical (unpaired) electrons.